The van der Waals surface area contributed by atoms with Crippen LogP contribution in [0, 0.1) is 4.91 Å². The number of para-hydroxylation sites is 2. The van der Waals surface area contributed by atoms with Crippen molar-refractivity contribution < 1.29 is 0 Å². The van der Waals surface area contributed by atoms with Crippen molar-refractivity contribution in [2.24, 2.45) is 5.18 Å². The van der Waals surface area contributed by atoms with Crippen LogP contribution in [0.25, 0.3) is 0 Å². The minimum atomic E-state index is 0.0760. The van der Waals surface area contributed by atoms with Crippen molar-refractivity contribution in [1.29, 1.82) is 0 Å². The normalized spacial score (nSPS) is 10.1. The molecule has 0 fully saturated rings. The summed E-state index contributed by atoms with van der Waals surface area (Å²) in [4.78, 5) is 10.2. The van der Waals surface area contributed by atoms with Gasteiger partial charge in [-0.2, -0.15) is 4.91 Å². The first-order valence-corrected chi connectivity index (χ1v) is 5.77. The predicted octanol–water partition coefficient (Wildman–Crippen LogP) is 3.93. The first kappa shape index (κ1) is 12.4. The minimum Gasteiger partial charge on any atom is -0.397 e. The summed E-state index contributed by atoms with van der Waals surface area (Å²) >= 11 is 6.04. The fraction of sp³-hybridized carbons (Fsp3) is 0.0769. The minimum absolute atomic E-state index is 0.0760. The Labute approximate surface area is 110 Å². The van der Waals surface area contributed by atoms with Crippen LogP contribution in [0.3, 0.4) is 0 Å². The molecule has 5 heteroatoms. The SMILES string of the molecule is Nc1ccccc1Nc1ccc(CN=O)c(Cl)c1. The molecule has 92 valence electrons. The summed E-state index contributed by atoms with van der Waals surface area (Å²) in [6, 6.07) is 12.8. The molecular formula is C13H12ClN3O. The zero-order valence-electron chi connectivity index (χ0n) is 9.56. The lowest BCUT2D eigenvalue weighted by Crippen LogP contribution is -1.96. The van der Waals surface area contributed by atoms with E-state index in [1.807, 2.05) is 30.3 Å². The monoisotopic (exact) mass is 261 g/mol. The summed E-state index contributed by atoms with van der Waals surface area (Å²) < 4.78 is 0. The highest BCUT2D eigenvalue weighted by molar-refractivity contribution is 6.31. The molecule has 0 radical (unpaired) electrons. The number of benzene rings is 2. The fourth-order valence-corrected chi connectivity index (χ4v) is 1.83. The van der Waals surface area contributed by atoms with Crippen LogP contribution < -0.4 is 11.1 Å². The van der Waals surface area contributed by atoms with Crippen molar-refractivity contribution >= 4 is 28.7 Å². The molecule has 0 unspecified atom stereocenters. The Bertz CT molecular complexity index is 572. The molecule has 0 bridgehead atoms. The Kier molecular flexibility index (Phi) is 3.79. The van der Waals surface area contributed by atoms with Gasteiger partial charge < -0.3 is 11.1 Å². The molecule has 3 N–H and O–H groups in total. The fourth-order valence-electron chi connectivity index (χ4n) is 1.59. The molecule has 0 saturated carbocycles. The van der Waals surface area contributed by atoms with Crippen LogP contribution in [0.15, 0.2) is 47.6 Å². The molecule has 2 aromatic rings. The van der Waals surface area contributed by atoms with Crippen molar-refractivity contribution in [1.82, 2.24) is 0 Å². The van der Waals surface area contributed by atoms with Crippen molar-refractivity contribution in [2.75, 3.05) is 11.1 Å². The van der Waals surface area contributed by atoms with E-state index in [1.165, 1.54) is 0 Å². The van der Waals surface area contributed by atoms with E-state index in [9.17, 15) is 4.91 Å². The van der Waals surface area contributed by atoms with Gasteiger partial charge in [-0.05, 0) is 29.8 Å². The maximum atomic E-state index is 10.2. The van der Waals surface area contributed by atoms with Crippen LogP contribution >= 0.6 is 11.6 Å². The number of rotatable bonds is 4. The lowest BCUT2D eigenvalue weighted by molar-refractivity contribution is 1.06. The molecule has 0 heterocycles. The zero-order valence-corrected chi connectivity index (χ0v) is 10.3. The molecule has 2 rings (SSSR count). The Balaban J connectivity index is 2.23. The third-order valence-corrected chi connectivity index (χ3v) is 2.88. The van der Waals surface area contributed by atoms with Crippen molar-refractivity contribution in [3.8, 4) is 0 Å². The van der Waals surface area contributed by atoms with Gasteiger partial charge in [-0.15, -0.1) is 0 Å². The van der Waals surface area contributed by atoms with Gasteiger partial charge in [0, 0.05) is 10.7 Å². The standard InChI is InChI=1S/C13H12ClN3O/c14-11-7-10(6-5-9(11)8-16-18)17-13-4-2-1-3-12(13)15/h1-7,17H,8,15H2. The molecule has 0 aliphatic heterocycles. The van der Waals surface area contributed by atoms with E-state index in [4.69, 9.17) is 17.3 Å². The van der Waals surface area contributed by atoms with Crippen LogP contribution in [0.1, 0.15) is 5.56 Å². The number of nitrogens with two attached hydrogens (primary N) is 1. The van der Waals surface area contributed by atoms with Crippen LogP contribution in [0.5, 0.6) is 0 Å². The Hall–Kier alpha value is -2.07. The first-order valence-electron chi connectivity index (χ1n) is 5.40. The largest absolute Gasteiger partial charge is 0.397 e. The summed E-state index contributed by atoms with van der Waals surface area (Å²) in [6.45, 7) is 0.0760. The van der Waals surface area contributed by atoms with Gasteiger partial charge in [0.05, 0.1) is 11.4 Å². The summed E-state index contributed by atoms with van der Waals surface area (Å²) in [6.07, 6.45) is 0. The van der Waals surface area contributed by atoms with E-state index in [-0.39, 0.29) is 6.54 Å². The molecule has 0 aromatic heterocycles. The highest BCUT2D eigenvalue weighted by atomic mass is 35.5. The Morgan fingerprint density at radius 3 is 2.67 bits per heavy atom. The number of nitrogens with zero attached hydrogens (tertiary/aromatic N) is 1. The van der Waals surface area contributed by atoms with Crippen LogP contribution in [0.4, 0.5) is 17.1 Å². The van der Waals surface area contributed by atoms with E-state index >= 15 is 0 Å². The third kappa shape index (κ3) is 2.78. The third-order valence-electron chi connectivity index (χ3n) is 2.53. The number of nitroso groups, excluding NO2 is 1. The zero-order chi connectivity index (χ0) is 13.0. The molecule has 0 saturated heterocycles. The summed E-state index contributed by atoms with van der Waals surface area (Å²) in [5, 5.41) is 6.49. The molecule has 0 aliphatic carbocycles. The molecular weight excluding hydrogens is 250 g/mol. The van der Waals surface area contributed by atoms with Gasteiger partial charge in [0.25, 0.3) is 0 Å². The highest BCUT2D eigenvalue weighted by Gasteiger charge is 2.03. The quantitative estimate of drug-likeness (QED) is 0.647. The number of halogens is 1. The molecule has 0 spiro atoms. The molecule has 18 heavy (non-hydrogen) atoms. The van der Waals surface area contributed by atoms with Crippen molar-refractivity contribution in [3.63, 3.8) is 0 Å². The van der Waals surface area contributed by atoms with Gasteiger partial charge in [0.2, 0.25) is 0 Å². The maximum absolute atomic E-state index is 10.2. The summed E-state index contributed by atoms with van der Waals surface area (Å²) in [5.41, 5.74) is 8.83. The number of hydrogen-bond acceptors (Lipinski definition) is 4. The number of hydrogen-bond donors (Lipinski definition) is 2. The lowest BCUT2D eigenvalue weighted by Gasteiger charge is -2.10. The van der Waals surface area contributed by atoms with Gasteiger partial charge in [-0.1, -0.05) is 35.0 Å². The maximum Gasteiger partial charge on any atom is 0.108 e. The molecule has 0 atom stereocenters. The average Bonchev–Trinajstić information content (AvgIpc) is 2.36. The number of nitrogens with one attached hydrogen (secondary N) is 1. The number of anilines is 3. The molecule has 4 nitrogen and oxygen atoms in total. The van der Waals surface area contributed by atoms with Crippen LogP contribution in [-0.2, 0) is 6.54 Å². The van der Waals surface area contributed by atoms with E-state index < -0.39 is 0 Å². The Morgan fingerprint density at radius 1 is 1.22 bits per heavy atom. The summed E-state index contributed by atoms with van der Waals surface area (Å²) in [7, 11) is 0. The van der Waals surface area contributed by atoms with E-state index in [0.29, 0.717) is 16.3 Å². The second-order valence-corrected chi connectivity index (χ2v) is 4.21. The molecule has 0 aliphatic rings. The van der Waals surface area contributed by atoms with Gasteiger partial charge in [0.1, 0.15) is 6.54 Å². The molecule has 0 amide bonds. The van der Waals surface area contributed by atoms with Gasteiger partial charge >= 0.3 is 0 Å². The van der Waals surface area contributed by atoms with E-state index in [2.05, 4.69) is 10.5 Å². The van der Waals surface area contributed by atoms with Gasteiger partial charge in [-0.3, -0.25) is 0 Å². The topological polar surface area (TPSA) is 67.5 Å². The predicted molar refractivity (Wildman–Crippen MR) is 75.1 cm³/mol. The first-order chi connectivity index (χ1) is 8.70. The van der Waals surface area contributed by atoms with Gasteiger partial charge in [0.15, 0.2) is 0 Å². The summed E-state index contributed by atoms with van der Waals surface area (Å²) in [5.74, 6) is 0. The smallest absolute Gasteiger partial charge is 0.108 e. The van der Waals surface area contributed by atoms with Crippen molar-refractivity contribution in [3.05, 3.63) is 58.0 Å². The van der Waals surface area contributed by atoms with Crippen LogP contribution in [0.2, 0.25) is 5.02 Å². The average molecular weight is 262 g/mol. The second-order valence-electron chi connectivity index (χ2n) is 3.81. The second kappa shape index (κ2) is 5.51. The molecule has 2 aromatic carbocycles. The van der Waals surface area contributed by atoms with Crippen molar-refractivity contribution in [2.45, 2.75) is 6.54 Å². The van der Waals surface area contributed by atoms with E-state index in [1.54, 1.807) is 12.1 Å². The highest BCUT2D eigenvalue weighted by Crippen LogP contribution is 2.26. The lowest BCUT2D eigenvalue weighted by atomic mass is 10.2. The van der Waals surface area contributed by atoms with Gasteiger partial charge in [-0.25, -0.2) is 0 Å². The van der Waals surface area contributed by atoms with E-state index in [0.717, 1.165) is 11.4 Å². The van der Waals surface area contributed by atoms with Crippen LogP contribution in [-0.4, -0.2) is 0 Å². The Morgan fingerprint density at radius 2 is 2.00 bits per heavy atom. The number of nitrogen functional groups attached to an aromatic ring is 1.